The summed E-state index contributed by atoms with van der Waals surface area (Å²) >= 11 is 0. The first-order chi connectivity index (χ1) is 31.9. The van der Waals surface area contributed by atoms with Crippen LogP contribution in [-0.4, -0.2) is 152 Å². The molecule has 0 radical (unpaired) electrons. The summed E-state index contributed by atoms with van der Waals surface area (Å²) < 4.78 is 115. The Morgan fingerprint density at radius 1 is 0.176 bits per heavy atom. The number of hydrogen-bond donors (Lipinski definition) is 0. The van der Waals surface area contributed by atoms with Crippen molar-refractivity contribution in [2.24, 2.45) is 0 Å². The van der Waals surface area contributed by atoms with Crippen LogP contribution in [0.2, 0.25) is 229 Å². The summed E-state index contributed by atoms with van der Waals surface area (Å²) in [5.74, 6) is 0. The summed E-state index contributed by atoms with van der Waals surface area (Å²) in [6, 6.07) is 1.10. The largest absolute Gasteiger partial charge is 0.436 e. The van der Waals surface area contributed by atoms with Crippen molar-refractivity contribution in [3.8, 4) is 0 Å². The zero-order valence-corrected chi connectivity index (χ0v) is 71.3. The Labute approximate surface area is 473 Å². The summed E-state index contributed by atoms with van der Waals surface area (Å²) in [7, 11) is -45.2. The van der Waals surface area contributed by atoms with Crippen LogP contribution in [0.15, 0.2) is 0 Å². The van der Waals surface area contributed by atoms with Crippen molar-refractivity contribution in [1.29, 1.82) is 0 Å². The lowest BCUT2D eigenvalue weighted by Gasteiger charge is -2.45. The van der Waals surface area contributed by atoms with Gasteiger partial charge < -0.3 is 70.3 Å². The van der Waals surface area contributed by atoms with E-state index in [0.29, 0.717) is 6.61 Å². The summed E-state index contributed by atoms with van der Waals surface area (Å²) in [6.45, 7) is 75.9. The predicted octanol–water partition coefficient (Wildman–Crippen LogP) is 14.5. The fourth-order valence-electron chi connectivity index (χ4n) is 10.9. The molecule has 0 spiro atoms. The molecule has 17 nitrogen and oxygen atoms in total. The van der Waals surface area contributed by atoms with E-state index in [2.05, 4.69) is 236 Å². The predicted molar refractivity (Wildman–Crippen MR) is 346 cm³/mol. The second kappa shape index (κ2) is 26.9. The second-order valence-electron chi connectivity index (χ2n) is 27.4. The summed E-state index contributed by atoms with van der Waals surface area (Å²) in [4.78, 5) is 0. The molecule has 0 aromatic rings. The first-order valence-electron chi connectivity index (χ1n) is 26.8. The molecule has 0 heterocycles. The Morgan fingerprint density at radius 2 is 0.311 bits per heavy atom. The minimum absolute atomic E-state index is 0.680. The van der Waals surface area contributed by atoms with Crippen molar-refractivity contribution in [1.82, 2.24) is 0 Å². The molecule has 0 aromatic carbocycles. The molecular weight excluding hydrogens is 1230 g/mol. The zero-order chi connectivity index (χ0) is 59.3. The molecule has 74 heavy (non-hydrogen) atoms. The van der Waals surface area contributed by atoms with E-state index in [0.717, 1.165) is 18.9 Å². The van der Waals surface area contributed by atoms with E-state index in [-0.39, 0.29) is 0 Å². The summed E-state index contributed by atoms with van der Waals surface area (Å²) in [5.41, 5.74) is 0. The highest BCUT2D eigenvalue weighted by molar-refractivity contribution is 6.95. The quantitative estimate of drug-likeness (QED) is 0.0541. The molecule has 0 aliphatic carbocycles. The van der Waals surface area contributed by atoms with Gasteiger partial charge >= 0.3 is 137 Å². The third kappa shape index (κ3) is 35.2. The second-order valence-corrected chi connectivity index (χ2v) is 89.6. The summed E-state index contributed by atoms with van der Waals surface area (Å²) in [6.07, 6.45) is 2.05. The average Bonchev–Trinajstić information content (AvgIpc) is 2.93. The Balaban J connectivity index is 5.76. The fraction of sp³-hybridized carbons (Fsp3) is 1.00. The van der Waals surface area contributed by atoms with Gasteiger partial charge in [0, 0.05) is 6.61 Å². The maximum atomic E-state index is 6.93. The van der Waals surface area contributed by atoms with E-state index in [1.807, 2.05) is 0 Å². The molecule has 34 heteroatoms. The molecule has 0 bridgehead atoms. The van der Waals surface area contributed by atoms with E-state index >= 15 is 0 Å². The lowest BCUT2D eigenvalue weighted by Crippen LogP contribution is -2.63. The van der Waals surface area contributed by atoms with Gasteiger partial charge in [0.1, 0.15) is 0 Å². The molecule has 0 fully saturated rings. The molecule has 0 atom stereocenters. The monoisotopic (exact) mass is 1340 g/mol. The first kappa shape index (κ1) is 77.0. The van der Waals surface area contributed by atoms with Crippen LogP contribution in [0.25, 0.3) is 0 Å². The number of hydrogen-bond acceptors (Lipinski definition) is 17. The van der Waals surface area contributed by atoms with Crippen molar-refractivity contribution in [3.05, 3.63) is 0 Å². The van der Waals surface area contributed by atoms with Crippen LogP contribution >= 0.6 is 0 Å². The third-order valence-corrected chi connectivity index (χ3v) is 75.2. The van der Waals surface area contributed by atoms with Gasteiger partial charge in [-0.3, -0.25) is 0 Å². The SMILES string of the molecule is CCCO[Si](C)(C)O[Si](C)(C)O[Si](C)(C)O[Si](C)(C)O[Si](C)(C)O[Si](C)(C)O[Si](C)(C)O[Si](C)(C)O[Si](C)(C)O[Si](C)(C)O[Si](C)(C)O[Si](C)(C)O[Si](C)(C)O[Si](C)(C)O[Si](C)(C)O[Si](C)(C)O[Si](C)(C)CCC. The van der Waals surface area contributed by atoms with Crippen LogP contribution < -0.4 is 0 Å². The Morgan fingerprint density at radius 3 is 0.446 bits per heavy atom. The Hall–Kier alpha value is 3.01. The minimum atomic E-state index is -2.83. The van der Waals surface area contributed by atoms with Crippen molar-refractivity contribution in [3.63, 3.8) is 0 Å². The minimum Gasteiger partial charge on any atom is -0.436 e. The van der Waals surface area contributed by atoms with Gasteiger partial charge in [0.25, 0.3) is 0 Å². The highest BCUT2D eigenvalue weighted by Gasteiger charge is 2.53. The van der Waals surface area contributed by atoms with E-state index in [4.69, 9.17) is 70.3 Å². The molecule has 0 aromatic heterocycles. The smallest absolute Gasteiger partial charge is 0.322 e. The number of rotatable bonds is 37. The molecule has 0 aliphatic rings. The van der Waals surface area contributed by atoms with Crippen molar-refractivity contribution >= 4 is 145 Å². The highest BCUT2D eigenvalue weighted by atomic mass is 28.5. The Kier molecular flexibility index (Phi) is 28.0. The lowest BCUT2D eigenvalue weighted by atomic mass is 10.5. The van der Waals surface area contributed by atoms with Crippen molar-refractivity contribution < 1.29 is 70.3 Å². The van der Waals surface area contributed by atoms with Crippen LogP contribution in [-0.2, 0) is 70.3 Å². The van der Waals surface area contributed by atoms with Gasteiger partial charge in [0.2, 0.25) is 0 Å². The van der Waals surface area contributed by atoms with Crippen LogP contribution in [0.4, 0.5) is 0 Å². The maximum absolute atomic E-state index is 6.93. The molecular formula is C40H116O17Si17. The van der Waals surface area contributed by atoms with E-state index < -0.39 is 145 Å². The molecule has 0 saturated heterocycles. The molecule has 0 saturated carbocycles. The topological polar surface area (TPSA) is 157 Å². The standard InChI is InChI=1S/C40H116O17Si17/c1-37-39-41-59(5,6)43-61(9,10)45-63(13,14)47-65(17,18)49-67(21,22)51-69(25,26)53-71(29,30)55-73(33,34)57-74(35,36)56-72(31,32)54-70(27,28)52-68(23,24)50-66(19,20)48-64(15,16)46-62(11,12)44-60(7,8)42-58(3,4)40-38-2/h37-40H2,1-36H3. The van der Waals surface area contributed by atoms with E-state index in [9.17, 15) is 0 Å². The molecule has 0 rings (SSSR count). The van der Waals surface area contributed by atoms with Crippen LogP contribution in [0.1, 0.15) is 26.7 Å². The summed E-state index contributed by atoms with van der Waals surface area (Å²) in [5, 5.41) is 0. The first-order valence-corrected chi connectivity index (χ1v) is 75.0. The lowest BCUT2D eigenvalue weighted by molar-refractivity contribution is 0.221. The molecule has 0 unspecified atom stereocenters. The van der Waals surface area contributed by atoms with Crippen LogP contribution in [0.5, 0.6) is 0 Å². The molecule has 0 N–H and O–H groups in total. The van der Waals surface area contributed by atoms with Gasteiger partial charge in [-0.1, -0.05) is 20.3 Å². The highest BCUT2D eigenvalue weighted by Crippen LogP contribution is 2.34. The van der Waals surface area contributed by atoms with E-state index in [1.165, 1.54) is 0 Å². The van der Waals surface area contributed by atoms with Crippen molar-refractivity contribution in [2.75, 3.05) is 6.61 Å². The molecule has 446 valence electrons. The molecule has 0 amide bonds. The maximum Gasteiger partial charge on any atom is 0.322 e. The molecule has 0 aliphatic heterocycles. The van der Waals surface area contributed by atoms with Gasteiger partial charge in [0.15, 0.2) is 8.32 Å². The van der Waals surface area contributed by atoms with Gasteiger partial charge in [-0.15, -0.1) is 0 Å². The van der Waals surface area contributed by atoms with Gasteiger partial charge in [-0.2, -0.15) is 0 Å². The fourth-order valence-corrected chi connectivity index (χ4v) is 97.9. The van der Waals surface area contributed by atoms with Crippen LogP contribution in [0.3, 0.4) is 0 Å². The van der Waals surface area contributed by atoms with Crippen LogP contribution in [0, 0.1) is 0 Å². The van der Waals surface area contributed by atoms with Gasteiger partial charge in [0.05, 0.1) is 0 Å². The third-order valence-electron chi connectivity index (χ3n) is 9.40. The normalized spacial score (nSPS) is 15.9. The van der Waals surface area contributed by atoms with Gasteiger partial charge in [-0.05, 0) is 235 Å². The van der Waals surface area contributed by atoms with Crippen molar-refractivity contribution in [2.45, 2.75) is 255 Å². The zero-order valence-electron chi connectivity index (χ0n) is 54.3. The Bertz CT molecular complexity index is 1750. The van der Waals surface area contributed by atoms with Gasteiger partial charge in [-0.25, -0.2) is 0 Å². The average molecular weight is 1350 g/mol. The van der Waals surface area contributed by atoms with E-state index in [1.54, 1.807) is 0 Å².